The molecule has 0 aliphatic carbocycles. The maximum Gasteiger partial charge on any atom is 0.319 e. The molecule has 3 aliphatic heterocycles. The number of rotatable bonds is 5. The van der Waals surface area contributed by atoms with Gasteiger partial charge in [0.2, 0.25) is 0 Å². The van der Waals surface area contributed by atoms with E-state index in [9.17, 15) is 14.4 Å². The molecule has 0 bridgehead atoms. The van der Waals surface area contributed by atoms with Crippen molar-refractivity contribution in [1.82, 2.24) is 20.1 Å². The third kappa shape index (κ3) is 5.78. The predicted octanol–water partition coefficient (Wildman–Crippen LogP) is 4.30. The highest BCUT2D eigenvalue weighted by atomic mass is 16.6. The first kappa shape index (κ1) is 27.1. The molecule has 2 N–H and O–H groups in total. The number of aromatic nitrogens is 1. The summed E-state index contributed by atoms with van der Waals surface area (Å²) in [7, 11) is 0. The predicted molar refractivity (Wildman–Crippen MR) is 149 cm³/mol. The van der Waals surface area contributed by atoms with E-state index >= 15 is 0 Å². The van der Waals surface area contributed by atoms with E-state index in [-0.39, 0.29) is 17.9 Å². The number of anilines is 1. The van der Waals surface area contributed by atoms with E-state index in [0.717, 1.165) is 50.8 Å². The van der Waals surface area contributed by atoms with Crippen molar-refractivity contribution in [3.05, 3.63) is 48.2 Å². The van der Waals surface area contributed by atoms with Gasteiger partial charge in [0.15, 0.2) is 0 Å². The molecule has 3 fully saturated rings. The molecule has 1 spiro atoms. The van der Waals surface area contributed by atoms with Crippen LogP contribution < -0.4 is 10.6 Å². The smallest absolute Gasteiger partial charge is 0.319 e. The van der Waals surface area contributed by atoms with Crippen molar-refractivity contribution in [1.29, 1.82) is 0 Å². The number of cyclic esters (lactones) is 1. The number of piperidine rings is 2. The molecule has 3 saturated heterocycles. The van der Waals surface area contributed by atoms with Crippen LogP contribution in [0.15, 0.2) is 42.6 Å². The summed E-state index contributed by atoms with van der Waals surface area (Å²) in [6.07, 6.45) is 5.88. The van der Waals surface area contributed by atoms with Gasteiger partial charge in [-0.15, -0.1) is 0 Å². The van der Waals surface area contributed by atoms with E-state index in [1.165, 1.54) is 0 Å². The first-order chi connectivity index (χ1) is 18.7. The number of likely N-dealkylation sites (tertiary alicyclic amines) is 2. The van der Waals surface area contributed by atoms with Crippen LogP contribution in [0.1, 0.15) is 63.2 Å². The van der Waals surface area contributed by atoms with Gasteiger partial charge < -0.3 is 20.3 Å². The SMILES string of the molecule is CCNC(=O)Nc1cnc(-c2ccccc2)cc1C(=O)N1CCC(N2CCCC3(C2)CC(C)(C)OC3=O)CC1. The van der Waals surface area contributed by atoms with Crippen LogP contribution in [0.25, 0.3) is 11.3 Å². The van der Waals surface area contributed by atoms with Crippen molar-refractivity contribution in [2.45, 2.75) is 64.5 Å². The number of urea groups is 1. The number of amides is 3. The highest BCUT2D eigenvalue weighted by molar-refractivity contribution is 6.04. The van der Waals surface area contributed by atoms with Crippen LogP contribution in [0.5, 0.6) is 0 Å². The largest absolute Gasteiger partial charge is 0.459 e. The topological polar surface area (TPSA) is 104 Å². The van der Waals surface area contributed by atoms with Crippen molar-refractivity contribution in [3.63, 3.8) is 0 Å². The number of hydrogen-bond donors (Lipinski definition) is 2. The molecular formula is C30H39N5O4. The second-order valence-corrected chi connectivity index (χ2v) is 11.7. The standard InChI is InChI=1S/C30H39N5O4/c1-4-31-28(38)33-25-18-32-24(21-9-6-5-7-10-21)17-23(25)26(36)34-15-11-22(12-16-34)35-14-8-13-30(20-35)19-29(2,3)39-27(30)37/h5-7,9-10,17-18,22H,4,8,11-16,19-20H2,1-3H3,(H2,31,33,38). The Bertz CT molecular complexity index is 1230. The summed E-state index contributed by atoms with van der Waals surface area (Å²) in [5.74, 6) is -0.167. The lowest BCUT2D eigenvalue weighted by Gasteiger charge is -2.44. The maximum absolute atomic E-state index is 13.8. The molecule has 5 rings (SSSR count). The third-order valence-corrected chi connectivity index (χ3v) is 8.23. The fraction of sp³-hybridized carbons (Fsp3) is 0.533. The Morgan fingerprint density at radius 2 is 1.87 bits per heavy atom. The van der Waals surface area contributed by atoms with E-state index in [1.54, 1.807) is 12.3 Å². The summed E-state index contributed by atoms with van der Waals surface area (Å²) < 4.78 is 5.71. The van der Waals surface area contributed by atoms with Crippen LogP contribution in [-0.2, 0) is 9.53 Å². The molecule has 9 heteroatoms. The molecule has 4 heterocycles. The zero-order chi connectivity index (χ0) is 27.6. The van der Waals surface area contributed by atoms with Gasteiger partial charge in [0.05, 0.1) is 28.6 Å². The summed E-state index contributed by atoms with van der Waals surface area (Å²) >= 11 is 0. The van der Waals surface area contributed by atoms with Gasteiger partial charge in [-0.2, -0.15) is 0 Å². The molecule has 1 unspecified atom stereocenters. The maximum atomic E-state index is 13.8. The van der Waals surface area contributed by atoms with Gasteiger partial charge in [-0.05, 0) is 59.1 Å². The van der Waals surface area contributed by atoms with Gasteiger partial charge in [-0.25, -0.2) is 4.79 Å². The van der Waals surface area contributed by atoms with E-state index in [1.807, 2.05) is 56.0 Å². The van der Waals surface area contributed by atoms with E-state index in [0.29, 0.717) is 42.6 Å². The van der Waals surface area contributed by atoms with Gasteiger partial charge in [0.25, 0.3) is 5.91 Å². The summed E-state index contributed by atoms with van der Waals surface area (Å²) in [5, 5.41) is 5.51. The Morgan fingerprint density at radius 1 is 1.13 bits per heavy atom. The number of benzene rings is 1. The summed E-state index contributed by atoms with van der Waals surface area (Å²) in [5.41, 5.74) is 1.61. The molecule has 39 heavy (non-hydrogen) atoms. The molecular weight excluding hydrogens is 494 g/mol. The first-order valence-corrected chi connectivity index (χ1v) is 14.1. The van der Waals surface area contributed by atoms with Gasteiger partial charge in [0, 0.05) is 44.2 Å². The van der Waals surface area contributed by atoms with Crippen LogP contribution in [0, 0.1) is 5.41 Å². The van der Waals surface area contributed by atoms with Crippen molar-refractivity contribution in [3.8, 4) is 11.3 Å². The molecule has 9 nitrogen and oxygen atoms in total. The Balaban J connectivity index is 1.29. The lowest BCUT2D eigenvalue weighted by molar-refractivity contribution is -0.154. The van der Waals surface area contributed by atoms with Crippen molar-refractivity contribution in [2.24, 2.45) is 5.41 Å². The molecule has 208 valence electrons. The fourth-order valence-corrected chi connectivity index (χ4v) is 6.50. The van der Waals surface area contributed by atoms with Gasteiger partial charge in [-0.1, -0.05) is 30.3 Å². The van der Waals surface area contributed by atoms with Crippen molar-refractivity contribution in [2.75, 3.05) is 38.0 Å². The Morgan fingerprint density at radius 3 is 2.54 bits per heavy atom. The minimum Gasteiger partial charge on any atom is -0.459 e. The zero-order valence-corrected chi connectivity index (χ0v) is 23.2. The average molecular weight is 534 g/mol. The van der Waals surface area contributed by atoms with Gasteiger partial charge in [0.1, 0.15) is 5.60 Å². The van der Waals surface area contributed by atoms with Gasteiger partial charge >= 0.3 is 12.0 Å². The number of nitrogens with zero attached hydrogens (tertiary/aromatic N) is 3. The molecule has 0 saturated carbocycles. The molecule has 1 aromatic heterocycles. The Hall–Kier alpha value is -3.46. The number of carbonyl (C=O) groups excluding carboxylic acids is 3. The molecule has 2 aromatic rings. The summed E-state index contributed by atoms with van der Waals surface area (Å²) in [4.78, 5) is 47.8. The van der Waals surface area contributed by atoms with Crippen LogP contribution >= 0.6 is 0 Å². The second-order valence-electron chi connectivity index (χ2n) is 11.7. The second kappa shape index (κ2) is 11.0. The lowest BCUT2D eigenvalue weighted by Crippen LogP contribution is -2.53. The van der Waals surface area contributed by atoms with Crippen molar-refractivity contribution < 1.29 is 19.1 Å². The third-order valence-electron chi connectivity index (χ3n) is 8.23. The zero-order valence-electron chi connectivity index (χ0n) is 23.2. The molecule has 1 aromatic carbocycles. The van der Waals surface area contributed by atoms with E-state index in [4.69, 9.17) is 4.74 Å². The molecule has 3 aliphatic rings. The Labute approximate surface area is 230 Å². The average Bonchev–Trinajstić information content (AvgIpc) is 3.15. The molecule has 1 atom stereocenters. The minimum atomic E-state index is -0.404. The molecule has 3 amide bonds. The van der Waals surface area contributed by atoms with Crippen LogP contribution in [0.3, 0.4) is 0 Å². The van der Waals surface area contributed by atoms with E-state index in [2.05, 4.69) is 20.5 Å². The number of esters is 1. The highest BCUT2D eigenvalue weighted by Crippen LogP contribution is 2.46. The summed E-state index contributed by atoms with van der Waals surface area (Å²) in [6.45, 7) is 9.26. The normalized spacial score (nSPS) is 23.5. The van der Waals surface area contributed by atoms with E-state index < -0.39 is 11.0 Å². The molecule has 0 radical (unpaired) electrons. The van der Waals surface area contributed by atoms with Crippen LogP contribution in [-0.4, -0.2) is 77.1 Å². The monoisotopic (exact) mass is 533 g/mol. The first-order valence-electron chi connectivity index (χ1n) is 14.1. The fourth-order valence-electron chi connectivity index (χ4n) is 6.50. The number of pyridine rings is 1. The number of ether oxygens (including phenoxy) is 1. The number of hydrogen-bond acceptors (Lipinski definition) is 6. The quantitative estimate of drug-likeness (QED) is 0.556. The lowest BCUT2D eigenvalue weighted by atomic mass is 9.74. The van der Waals surface area contributed by atoms with Gasteiger partial charge in [-0.3, -0.25) is 19.5 Å². The number of nitrogens with one attached hydrogen (secondary N) is 2. The Kier molecular flexibility index (Phi) is 7.62. The summed E-state index contributed by atoms with van der Waals surface area (Å²) in [6, 6.07) is 11.4. The highest BCUT2D eigenvalue weighted by Gasteiger charge is 2.54. The van der Waals surface area contributed by atoms with Crippen LogP contribution in [0.4, 0.5) is 10.5 Å². The minimum absolute atomic E-state index is 0.0520. The van der Waals surface area contributed by atoms with Crippen LogP contribution in [0.2, 0.25) is 0 Å². The van der Waals surface area contributed by atoms with Crippen molar-refractivity contribution >= 4 is 23.6 Å². The number of carbonyl (C=O) groups is 3.